The molecular formula is C19H24Cl2N2O. The maximum atomic E-state index is 5.84. The van der Waals surface area contributed by atoms with Gasteiger partial charge < -0.3 is 10.1 Å². The van der Waals surface area contributed by atoms with Crippen LogP contribution < -0.4 is 10.1 Å². The molecule has 0 radical (unpaired) electrons. The van der Waals surface area contributed by atoms with E-state index in [2.05, 4.69) is 28.9 Å². The van der Waals surface area contributed by atoms with Crippen molar-refractivity contribution in [3.63, 3.8) is 0 Å². The van der Waals surface area contributed by atoms with Crippen LogP contribution in [-0.2, 0) is 0 Å². The maximum Gasteiger partial charge on any atom is 0.127 e. The summed E-state index contributed by atoms with van der Waals surface area (Å²) in [4.78, 5) is 2.45. The van der Waals surface area contributed by atoms with E-state index >= 15 is 0 Å². The van der Waals surface area contributed by atoms with E-state index in [4.69, 9.17) is 4.74 Å². The lowest BCUT2D eigenvalue weighted by Crippen LogP contribution is -2.44. The van der Waals surface area contributed by atoms with Gasteiger partial charge >= 0.3 is 0 Å². The van der Waals surface area contributed by atoms with Crippen LogP contribution in [0.25, 0.3) is 0 Å². The molecule has 2 aromatic rings. The van der Waals surface area contributed by atoms with Gasteiger partial charge in [0.25, 0.3) is 0 Å². The quantitative estimate of drug-likeness (QED) is 0.790. The highest BCUT2D eigenvalue weighted by molar-refractivity contribution is 5.85. The minimum absolute atomic E-state index is 0. The first-order valence-electron chi connectivity index (χ1n) is 7.77. The molecule has 3 rings (SSSR count). The van der Waals surface area contributed by atoms with Gasteiger partial charge in [0.1, 0.15) is 11.5 Å². The Morgan fingerprint density at radius 1 is 0.917 bits per heavy atom. The van der Waals surface area contributed by atoms with Gasteiger partial charge in [-0.15, -0.1) is 31.4 Å². The number of nitrogens with one attached hydrogen (secondary N) is 1. The predicted molar refractivity (Wildman–Crippen MR) is 105 cm³/mol. The Morgan fingerprint density at radius 2 is 1.50 bits per heavy atom. The SMILES string of the molecule is C=C[C@@H](c1ccc(Oc2ccccc2)cc1)N1CCNCC1.Cl.Cl. The Balaban J connectivity index is 0.00000144. The van der Waals surface area contributed by atoms with Crippen LogP contribution in [0.3, 0.4) is 0 Å². The molecule has 1 atom stereocenters. The van der Waals surface area contributed by atoms with Crippen molar-refractivity contribution in [2.24, 2.45) is 0 Å². The van der Waals surface area contributed by atoms with E-state index in [1.165, 1.54) is 5.56 Å². The number of nitrogens with zero attached hydrogens (tertiary/aromatic N) is 1. The molecular weight excluding hydrogens is 343 g/mol. The zero-order chi connectivity index (χ0) is 15.2. The Morgan fingerprint density at radius 3 is 2.08 bits per heavy atom. The zero-order valence-corrected chi connectivity index (χ0v) is 15.2. The van der Waals surface area contributed by atoms with Gasteiger partial charge in [0.05, 0.1) is 6.04 Å². The van der Waals surface area contributed by atoms with Crippen molar-refractivity contribution < 1.29 is 4.74 Å². The first-order chi connectivity index (χ1) is 10.9. The van der Waals surface area contributed by atoms with Crippen LogP contribution in [0, 0.1) is 0 Å². The molecule has 5 heteroatoms. The molecule has 1 N–H and O–H groups in total. The summed E-state index contributed by atoms with van der Waals surface area (Å²) in [6.45, 7) is 8.20. The molecule has 0 unspecified atom stereocenters. The lowest BCUT2D eigenvalue weighted by atomic mass is 10.0. The second-order valence-corrected chi connectivity index (χ2v) is 5.45. The summed E-state index contributed by atoms with van der Waals surface area (Å²) in [5, 5.41) is 3.39. The fraction of sp³-hybridized carbons (Fsp3) is 0.263. The van der Waals surface area contributed by atoms with Crippen LogP contribution in [0.1, 0.15) is 11.6 Å². The first-order valence-corrected chi connectivity index (χ1v) is 7.77. The minimum atomic E-state index is 0. The van der Waals surface area contributed by atoms with Crippen molar-refractivity contribution in [2.75, 3.05) is 26.2 Å². The third kappa shape index (κ3) is 5.25. The number of rotatable bonds is 5. The zero-order valence-electron chi connectivity index (χ0n) is 13.6. The predicted octanol–water partition coefficient (Wildman–Crippen LogP) is 4.45. The number of para-hydroxylation sites is 1. The molecule has 1 fully saturated rings. The number of hydrogen-bond donors (Lipinski definition) is 1. The Labute approximate surface area is 156 Å². The van der Waals surface area contributed by atoms with Gasteiger partial charge in [-0.3, -0.25) is 4.90 Å². The molecule has 1 aliphatic heterocycles. The topological polar surface area (TPSA) is 24.5 Å². The van der Waals surface area contributed by atoms with Gasteiger partial charge in [-0.2, -0.15) is 0 Å². The van der Waals surface area contributed by atoms with Gasteiger partial charge in [0, 0.05) is 26.2 Å². The van der Waals surface area contributed by atoms with E-state index in [1.54, 1.807) is 0 Å². The lowest BCUT2D eigenvalue weighted by Gasteiger charge is -2.33. The largest absolute Gasteiger partial charge is 0.457 e. The maximum absolute atomic E-state index is 5.84. The molecule has 0 bridgehead atoms. The van der Waals surface area contributed by atoms with Crippen molar-refractivity contribution in [2.45, 2.75) is 6.04 Å². The normalized spacial score (nSPS) is 15.5. The van der Waals surface area contributed by atoms with Crippen molar-refractivity contribution in [3.8, 4) is 11.5 Å². The summed E-state index contributed by atoms with van der Waals surface area (Å²) in [7, 11) is 0. The van der Waals surface area contributed by atoms with Gasteiger partial charge in [-0.05, 0) is 29.8 Å². The molecule has 130 valence electrons. The number of piperazine rings is 1. The fourth-order valence-electron chi connectivity index (χ4n) is 2.81. The molecule has 3 nitrogen and oxygen atoms in total. The summed E-state index contributed by atoms with van der Waals surface area (Å²) >= 11 is 0. The van der Waals surface area contributed by atoms with Crippen LogP contribution in [0.15, 0.2) is 67.3 Å². The number of ether oxygens (including phenoxy) is 1. The van der Waals surface area contributed by atoms with E-state index in [1.807, 2.05) is 48.5 Å². The summed E-state index contributed by atoms with van der Waals surface area (Å²) in [6, 6.07) is 18.4. The highest BCUT2D eigenvalue weighted by atomic mass is 35.5. The molecule has 0 aromatic heterocycles. The van der Waals surface area contributed by atoms with E-state index in [0.29, 0.717) is 0 Å². The average molecular weight is 367 g/mol. The van der Waals surface area contributed by atoms with E-state index in [-0.39, 0.29) is 30.9 Å². The molecule has 1 heterocycles. The van der Waals surface area contributed by atoms with Crippen molar-refractivity contribution in [1.82, 2.24) is 10.2 Å². The summed E-state index contributed by atoms with van der Waals surface area (Å²) in [5.74, 6) is 1.72. The second kappa shape index (κ2) is 10.4. The fourth-order valence-corrected chi connectivity index (χ4v) is 2.81. The molecule has 24 heavy (non-hydrogen) atoms. The number of hydrogen-bond acceptors (Lipinski definition) is 3. The molecule has 0 amide bonds. The molecule has 2 aromatic carbocycles. The van der Waals surface area contributed by atoms with Gasteiger partial charge in [0.2, 0.25) is 0 Å². The van der Waals surface area contributed by atoms with Crippen LogP contribution in [0.2, 0.25) is 0 Å². The van der Waals surface area contributed by atoms with Gasteiger partial charge in [0.15, 0.2) is 0 Å². The highest BCUT2D eigenvalue weighted by Gasteiger charge is 2.19. The molecule has 0 spiro atoms. The average Bonchev–Trinajstić information content (AvgIpc) is 2.59. The minimum Gasteiger partial charge on any atom is -0.457 e. The lowest BCUT2D eigenvalue weighted by molar-refractivity contribution is 0.203. The van der Waals surface area contributed by atoms with Crippen LogP contribution >= 0.6 is 24.8 Å². The van der Waals surface area contributed by atoms with E-state index in [9.17, 15) is 0 Å². The van der Waals surface area contributed by atoms with Crippen molar-refractivity contribution >= 4 is 24.8 Å². The summed E-state index contributed by atoms with van der Waals surface area (Å²) in [5.41, 5.74) is 1.26. The second-order valence-electron chi connectivity index (χ2n) is 5.45. The molecule has 0 aliphatic carbocycles. The standard InChI is InChI=1S/C19H22N2O.2ClH/c1-2-19(21-14-12-20-13-15-21)16-8-10-18(11-9-16)22-17-6-4-3-5-7-17;;/h2-11,19-20H,1,12-15H2;2*1H/t19-;;/m0../s1. The molecule has 1 aliphatic rings. The smallest absolute Gasteiger partial charge is 0.127 e. The van der Waals surface area contributed by atoms with Crippen LogP contribution in [0.5, 0.6) is 11.5 Å². The summed E-state index contributed by atoms with van der Waals surface area (Å²) in [6.07, 6.45) is 2.03. The van der Waals surface area contributed by atoms with Gasteiger partial charge in [-0.25, -0.2) is 0 Å². The molecule has 1 saturated heterocycles. The third-order valence-electron chi connectivity index (χ3n) is 3.97. The third-order valence-corrected chi connectivity index (χ3v) is 3.97. The van der Waals surface area contributed by atoms with Crippen molar-refractivity contribution in [1.29, 1.82) is 0 Å². The first kappa shape index (κ1) is 20.5. The van der Waals surface area contributed by atoms with Crippen molar-refractivity contribution in [3.05, 3.63) is 72.8 Å². The highest BCUT2D eigenvalue weighted by Crippen LogP contribution is 2.26. The van der Waals surface area contributed by atoms with E-state index < -0.39 is 0 Å². The Hall–Kier alpha value is -1.52. The molecule has 0 saturated carbocycles. The number of benzene rings is 2. The van der Waals surface area contributed by atoms with Gasteiger partial charge in [-0.1, -0.05) is 36.4 Å². The summed E-state index contributed by atoms with van der Waals surface area (Å²) < 4.78 is 5.84. The van der Waals surface area contributed by atoms with E-state index in [0.717, 1.165) is 37.7 Å². The van der Waals surface area contributed by atoms with Crippen LogP contribution in [0.4, 0.5) is 0 Å². The Bertz CT molecular complexity index is 599. The van der Waals surface area contributed by atoms with Crippen LogP contribution in [-0.4, -0.2) is 31.1 Å². The Kier molecular flexibility index (Phi) is 8.87. The number of halogens is 2. The monoisotopic (exact) mass is 366 g/mol.